The molecule has 1 N–H and O–H groups in total. The summed E-state index contributed by atoms with van der Waals surface area (Å²) in [6.07, 6.45) is 6.53. The van der Waals surface area contributed by atoms with Crippen LogP contribution in [0.2, 0.25) is 0 Å². The SMILES string of the molecule is CNC(C)Cc1cnn2cc(Br)cnc12. The van der Waals surface area contributed by atoms with E-state index in [0.29, 0.717) is 6.04 Å². The number of nitrogens with zero attached hydrogens (tertiary/aromatic N) is 3. The van der Waals surface area contributed by atoms with Crippen LogP contribution in [-0.2, 0) is 6.42 Å². The number of hydrogen-bond acceptors (Lipinski definition) is 3. The molecule has 15 heavy (non-hydrogen) atoms. The van der Waals surface area contributed by atoms with Crippen LogP contribution in [0.15, 0.2) is 23.1 Å². The summed E-state index contributed by atoms with van der Waals surface area (Å²) in [5.41, 5.74) is 2.10. The van der Waals surface area contributed by atoms with E-state index in [9.17, 15) is 0 Å². The molecule has 0 aromatic carbocycles. The summed E-state index contributed by atoms with van der Waals surface area (Å²) >= 11 is 3.37. The topological polar surface area (TPSA) is 42.2 Å². The summed E-state index contributed by atoms with van der Waals surface area (Å²) in [6.45, 7) is 2.14. The molecule has 80 valence electrons. The van der Waals surface area contributed by atoms with Gasteiger partial charge in [-0.25, -0.2) is 9.50 Å². The van der Waals surface area contributed by atoms with Gasteiger partial charge in [0.05, 0.1) is 10.7 Å². The molecule has 0 radical (unpaired) electrons. The summed E-state index contributed by atoms with van der Waals surface area (Å²) in [4.78, 5) is 4.35. The van der Waals surface area contributed by atoms with Crippen molar-refractivity contribution in [2.45, 2.75) is 19.4 Å². The Hall–Kier alpha value is -0.940. The highest BCUT2D eigenvalue weighted by molar-refractivity contribution is 9.10. The van der Waals surface area contributed by atoms with E-state index in [4.69, 9.17) is 0 Å². The first-order valence-corrected chi connectivity index (χ1v) is 5.65. The van der Waals surface area contributed by atoms with E-state index in [1.165, 1.54) is 5.56 Å². The van der Waals surface area contributed by atoms with Gasteiger partial charge in [-0.3, -0.25) is 0 Å². The quantitative estimate of drug-likeness (QED) is 0.921. The first-order valence-electron chi connectivity index (χ1n) is 4.85. The molecule has 1 unspecified atom stereocenters. The Kier molecular flexibility index (Phi) is 3.02. The fourth-order valence-corrected chi connectivity index (χ4v) is 1.77. The van der Waals surface area contributed by atoms with Crippen molar-refractivity contribution in [2.75, 3.05) is 7.05 Å². The van der Waals surface area contributed by atoms with E-state index in [0.717, 1.165) is 16.5 Å². The second-order valence-corrected chi connectivity index (χ2v) is 4.52. The number of aromatic nitrogens is 3. The number of nitrogens with one attached hydrogen (secondary N) is 1. The fraction of sp³-hybridized carbons (Fsp3) is 0.400. The predicted molar refractivity (Wildman–Crippen MR) is 62.9 cm³/mol. The lowest BCUT2D eigenvalue weighted by Gasteiger charge is -2.07. The summed E-state index contributed by atoms with van der Waals surface area (Å²) in [5, 5.41) is 7.47. The zero-order chi connectivity index (χ0) is 10.8. The molecule has 0 aliphatic heterocycles. The van der Waals surface area contributed by atoms with E-state index in [2.05, 4.69) is 38.3 Å². The van der Waals surface area contributed by atoms with Crippen molar-refractivity contribution < 1.29 is 0 Å². The third-order valence-electron chi connectivity index (χ3n) is 2.42. The summed E-state index contributed by atoms with van der Waals surface area (Å²) in [6, 6.07) is 0.434. The summed E-state index contributed by atoms with van der Waals surface area (Å²) in [5.74, 6) is 0. The molecule has 0 bridgehead atoms. The largest absolute Gasteiger partial charge is 0.317 e. The van der Waals surface area contributed by atoms with Crippen molar-refractivity contribution in [1.29, 1.82) is 0 Å². The van der Waals surface area contributed by atoms with Crippen molar-refractivity contribution in [3.05, 3.63) is 28.6 Å². The second-order valence-electron chi connectivity index (χ2n) is 3.60. The van der Waals surface area contributed by atoms with Gasteiger partial charge in [-0.2, -0.15) is 5.10 Å². The summed E-state index contributed by atoms with van der Waals surface area (Å²) < 4.78 is 2.73. The highest BCUT2D eigenvalue weighted by atomic mass is 79.9. The van der Waals surface area contributed by atoms with Crippen LogP contribution in [0.1, 0.15) is 12.5 Å². The van der Waals surface area contributed by atoms with Crippen molar-refractivity contribution in [2.24, 2.45) is 0 Å². The minimum Gasteiger partial charge on any atom is -0.317 e. The Labute approximate surface area is 96.8 Å². The van der Waals surface area contributed by atoms with Gasteiger partial charge in [-0.05, 0) is 36.3 Å². The highest BCUT2D eigenvalue weighted by Crippen LogP contribution is 2.13. The minimum absolute atomic E-state index is 0.434. The maximum Gasteiger partial charge on any atom is 0.158 e. The molecule has 0 saturated heterocycles. The molecule has 1 atom stereocenters. The van der Waals surface area contributed by atoms with Gasteiger partial charge in [0.15, 0.2) is 5.65 Å². The molecular weight excluding hydrogens is 256 g/mol. The number of likely N-dealkylation sites (N-methyl/N-ethyl adjacent to an activating group) is 1. The number of hydrogen-bond donors (Lipinski definition) is 1. The lowest BCUT2D eigenvalue weighted by Crippen LogP contribution is -2.23. The highest BCUT2D eigenvalue weighted by Gasteiger charge is 2.08. The van der Waals surface area contributed by atoms with Crippen LogP contribution in [0, 0.1) is 0 Å². The number of fused-ring (bicyclic) bond motifs is 1. The second kappa shape index (κ2) is 4.28. The lowest BCUT2D eigenvalue weighted by atomic mass is 10.1. The Balaban J connectivity index is 2.36. The zero-order valence-corrected chi connectivity index (χ0v) is 10.3. The third kappa shape index (κ3) is 2.18. The Morgan fingerprint density at radius 2 is 2.33 bits per heavy atom. The molecule has 2 heterocycles. The third-order valence-corrected chi connectivity index (χ3v) is 2.83. The van der Waals surface area contributed by atoms with Crippen LogP contribution >= 0.6 is 15.9 Å². The van der Waals surface area contributed by atoms with E-state index in [1.54, 1.807) is 10.7 Å². The van der Waals surface area contributed by atoms with Crippen LogP contribution in [0.3, 0.4) is 0 Å². The number of rotatable bonds is 3. The monoisotopic (exact) mass is 268 g/mol. The zero-order valence-electron chi connectivity index (χ0n) is 8.74. The van der Waals surface area contributed by atoms with E-state index in [-0.39, 0.29) is 0 Å². The van der Waals surface area contributed by atoms with Gasteiger partial charge >= 0.3 is 0 Å². The normalized spacial score (nSPS) is 13.3. The molecule has 0 fully saturated rings. The molecule has 2 rings (SSSR count). The van der Waals surface area contributed by atoms with Crippen LogP contribution in [0.5, 0.6) is 0 Å². The molecule has 0 spiro atoms. The maximum atomic E-state index is 4.35. The summed E-state index contributed by atoms with van der Waals surface area (Å²) in [7, 11) is 1.96. The van der Waals surface area contributed by atoms with Gasteiger partial charge in [0.1, 0.15) is 0 Å². The average molecular weight is 269 g/mol. The smallest absolute Gasteiger partial charge is 0.158 e. The van der Waals surface area contributed by atoms with Crippen molar-refractivity contribution >= 4 is 21.6 Å². The van der Waals surface area contributed by atoms with Gasteiger partial charge in [0.2, 0.25) is 0 Å². The molecule has 0 amide bonds. The maximum absolute atomic E-state index is 4.35. The average Bonchev–Trinajstić information content (AvgIpc) is 2.60. The molecule has 5 heteroatoms. The molecule has 2 aromatic heterocycles. The minimum atomic E-state index is 0.434. The Morgan fingerprint density at radius 3 is 3.07 bits per heavy atom. The van der Waals surface area contributed by atoms with Crippen molar-refractivity contribution in [1.82, 2.24) is 19.9 Å². The predicted octanol–water partition coefficient (Wildman–Crippen LogP) is 1.64. The van der Waals surface area contributed by atoms with Gasteiger partial charge < -0.3 is 5.32 Å². The van der Waals surface area contributed by atoms with Crippen LogP contribution < -0.4 is 5.32 Å². The van der Waals surface area contributed by atoms with Gasteiger partial charge in [0, 0.05) is 24.0 Å². The standard InChI is InChI=1S/C10H13BrN4/c1-7(12-2)3-8-4-14-15-6-9(11)5-13-10(8)15/h4-7,12H,3H2,1-2H3. The van der Waals surface area contributed by atoms with Crippen LogP contribution in [0.25, 0.3) is 5.65 Å². The van der Waals surface area contributed by atoms with E-state index in [1.807, 2.05) is 19.4 Å². The lowest BCUT2D eigenvalue weighted by molar-refractivity contribution is 0.610. The fourth-order valence-electron chi connectivity index (χ4n) is 1.48. The molecule has 2 aromatic rings. The van der Waals surface area contributed by atoms with Crippen LogP contribution in [0.4, 0.5) is 0 Å². The first-order chi connectivity index (χ1) is 7.20. The van der Waals surface area contributed by atoms with Crippen LogP contribution in [-0.4, -0.2) is 27.7 Å². The van der Waals surface area contributed by atoms with Gasteiger partial charge in [0.25, 0.3) is 0 Å². The molecule has 4 nitrogen and oxygen atoms in total. The Morgan fingerprint density at radius 1 is 1.53 bits per heavy atom. The van der Waals surface area contributed by atoms with E-state index >= 15 is 0 Å². The van der Waals surface area contributed by atoms with Gasteiger partial charge in [-0.15, -0.1) is 0 Å². The molecule has 0 aliphatic rings. The Bertz CT molecular complexity index is 465. The molecule has 0 aliphatic carbocycles. The van der Waals surface area contributed by atoms with E-state index < -0.39 is 0 Å². The molecular formula is C10H13BrN4. The van der Waals surface area contributed by atoms with Crippen molar-refractivity contribution in [3.63, 3.8) is 0 Å². The van der Waals surface area contributed by atoms with Crippen molar-refractivity contribution in [3.8, 4) is 0 Å². The first kappa shape index (κ1) is 10.6. The number of halogens is 1. The molecule has 0 saturated carbocycles. The van der Waals surface area contributed by atoms with Gasteiger partial charge in [-0.1, -0.05) is 0 Å².